The first-order valence-corrected chi connectivity index (χ1v) is 5.89. The number of esters is 2. The van der Waals surface area contributed by atoms with Crippen LogP contribution in [0.3, 0.4) is 0 Å². The smallest absolute Gasteiger partial charge is 0.360 e. The summed E-state index contributed by atoms with van der Waals surface area (Å²) < 4.78 is 10.1. The van der Waals surface area contributed by atoms with Crippen LogP contribution in [0, 0.1) is 11.8 Å². The van der Waals surface area contributed by atoms with Gasteiger partial charge in [0.25, 0.3) is 5.60 Å². The first-order chi connectivity index (χ1) is 8.55. The number of Topliss-reactive ketones (excluding diaryl/α,β-unsaturated/α-hetero) is 1. The SMILES string of the molecule is CC#CCC(OC(C)=O)(C(C)=O)C(=O)OC(C)(C)C. The average molecular weight is 268 g/mol. The van der Waals surface area contributed by atoms with Gasteiger partial charge in [-0.15, -0.1) is 5.92 Å². The van der Waals surface area contributed by atoms with Gasteiger partial charge in [0.1, 0.15) is 5.60 Å². The van der Waals surface area contributed by atoms with Crippen LogP contribution in [0.25, 0.3) is 0 Å². The van der Waals surface area contributed by atoms with Crippen molar-refractivity contribution in [2.24, 2.45) is 0 Å². The molecule has 1 atom stereocenters. The quantitative estimate of drug-likeness (QED) is 0.440. The molecule has 1 unspecified atom stereocenters. The van der Waals surface area contributed by atoms with Crippen LogP contribution in [0.4, 0.5) is 0 Å². The molecule has 0 bridgehead atoms. The van der Waals surface area contributed by atoms with Gasteiger partial charge in [0.05, 0.1) is 6.42 Å². The van der Waals surface area contributed by atoms with Gasteiger partial charge in [0.2, 0.25) is 0 Å². The molecule has 0 N–H and O–H groups in total. The zero-order chi connectivity index (χ0) is 15.3. The molecule has 0 spiro atoms. The first-order valence-electron chi connectivity index (χ1n) is 5.89. The van der Waals surface area contributed by atoms with Gasteiger partial charge in [-0.2, -0.15) is 0 Å². The molecule has 0 saturated carbocycles. The first kappa shape index (κ1) is 17.2. The average Bonchev–Trinajstić information content (AvgIpc) is 2.20. The minimum absolute atomic E-state index is 0.215. The molecule has 0 aliphatic rings. The van der Waals surface area contributed by atoms with Crippen molar-refractivity contribution in [3.05, 3.63) is 0 Å². The molecule has 0 rings (SSSR count). The van der Waals surface area contributed by atoms with E-state index in [2.05, 4.69) is 11.8 Å². The van der Waals surface area contributed by atoms with E-state index in [1.54, 1.807) is 27.7 Å². The van der Waals surface area contributed by atoms with Crippen molar-refractivity contribution in [3.8, 4) is 11.8 Å². The van der Waals surface area contributed by atoms with Gasteiger partial charge in [0.15, 0.2) is 5.78 Å². The van der Waals surface area contributed by atoms with E-state index < -0.39 is 28.9 Å². The van der Waals surface area contributed by atoms with E-state index in [0.29, 0.717) is 0 Å². The fourth-order valence-corrected chi connectivity index (χ4v) is 1.31. The van der Waals surface area contributed by atoms with Crippen LogP contribution >= 0.6 is 0 Å². The van der Waals surface area contributed by atoms with E-state index >= 15 is 0 Å². The summed E-state index contributed by atoms with van der Waals surface area (Å²) >= 11 is 0. The number of hydrogen-bond acceptors (Lipinski definition) is 5. The Hall–Kier alpha value is -1.83. The summed E-state index contributed by atoms with van der Waals surface area (Å²) in [6.07, 6.45) is -0.215. The van der Waals surface area contributed by atoms with E-state index in [1.807, 2.05) is 0 Å². The Morgan fingerprint density at radius 2 is 1.58 bits per heavy atom. The van der Waals surface area contributed by atoms with Gasteiger partial charge in [0, 0.05) is 6.92 Å². The second kappa shape index (κ2) is 6.37. The lowest BCUT2D eigenvalue weighted by Gasteiger charge is -2.30. The molecule has 0 aliphatic carbocycles. The zero-order valence-corrected chi connectivity index (χ0v) is 12.2. The molecule has 0 fully saturated rings. The highest BCUT2D eigenvalue weighted by Gasteiger charge is 2.49. The molecule has 0 heterocycles. The standard InChI is InChI=1S/C14H20O5/c1-7-8-9-14(10(2)15,18-11(3)16)12(17)19-13(4,5)6/h9H2,1-6H3. The van der Waals surface area contributed by atoms with Crippen molar-refractivity contribution in [2.75, 3.05) is 0 Å². The third-order valence-electron chi connectivity index (χ3n) is 2.13. The molecule has 0 aromatic heterocycles. The zero-order valence-electron chi connectivity index (χ0n) is 12.2. The van der Waals surface area contributed by atoms with Crippen molar-refractivity contribution in [2.45, 2.75) is 59.2 Å². The highest BCUT2D eigenvalue weighted by atomic mass is 16.6. The summed E-state index contributed by atoms with van der Waals surface area (Å²) in [5.74, 6) is 2.91. The maximum atomic E-state index is 12.2. The number of carbonyl (C=O) groups excluding carboxylic acids is 3. The molecule has 19 heavy (non-hydrogen) atoms. The maximum Gasteiger partial charge on any atom is 0.360 e. The van der Waals surface area contributed by atoms with Crippen LogP contribution in [0.2, 0.25) is 0 Å². The van der Waals surface area contributed by atoms with Crippen LogP contribution in [-0.4, -0.2) is 28.9 Å². The second-order valence-corrected chi connectivity index (χ2v) is 5.08. The summed E-state index contributed by atoms with van der Waals surface area (Å²) in [4.78, 5) is 35.1. The fraction of sp³-hybridized carbons (Fsp3) is 0.643. The van der Waals surface area contributed by atoms with E-state index in [0.717, 1.165) is 6.92 Å². The number of rotatable bonds is 4. The fourth-order valence-electron chi connectivity index (χ4n) is 1.31. The van der Waals surface area contributed by atoms with Gasteiger partial charge < -0.3 is 9.47 Å². The molecule has 0 radical (unpaired) electrons. The molecule has 0 saturated heterocycles. The van der Waals surface area contributed by atoms with E-state index in [-0.39, 0.29) is 6.42 Å². The lowest BCUT2D eigenvalue weighted by Crippen LogP contribution is -2.51. The Morgan fingerprint density at radius 1 is 1.05 bits per heavy atom. The Balaban J connectivity index is 5.53. The molecular formula is C14H20O5. The van der Waals surface area contributed by atoms with E-state index in [4.69, 9.17) is 9.47 Å². The van der Waals surface area contributed by atoms with Gasteiger partial charge in [-0.25, -0.2) is 4.79 Å². The third kappa shape index (κ3) is 5.12. The predicted octanol–water partition coefficient (Wildman–Crippen LogP) is 1.63. The number of ether oxygens (including phenoxy) is 2. The topological polar surface area (TPSA) is 69.7 Å². The highest BCUT2D eigenvalue weighted by Crippen LogP contribution is 2.23. The lowest BCUT2D eigenvalue weighted by molar-refractivity contribution is -0.190. The normalized spacial score (nSPS) is 13.6. The molecule has 5 nitrogen and oxygen atoms in total. The summed E-state index contributed by atoms with van der Waals surface area (Å²) in [7, 11) is 0. The number of carbonyl (C=O) groups is 3. The van der Waals surface area contributed by atoms with Gasteiger partial charge in [-0.3, -0.25) is 9.59 Å². The molecule has 0 aliphatic heterocycles. The van der Waals surface area contributed by atoms with E-state index in [1.165, 1.54) is 6.92 Å². The Labute approximate surface area is 113 Å². The third-order valence-corrected chi connectivity index (χ3v) is 2.13. The minimum atomic E-state index is -1.98. The Bertz CT molecular complexity index is 433. The Kier molecular flexibility index (Phi) is 5.76. The van der Waals surface area contributed by atoms with Crippen molar-refractivity contribution < 1.29 is 23.9 Å². The summed E-state index contributed by atoms with van der Waals surface area (Å²) in [5, 5.41) is 0. The van der Waals surface area contributed by atoms with Crippen molar-refractivity contribution in [1.29, 1.82) is 0 Å². The van der Waals surface area contributed by atoms with Gasteiger partial charge >= 0.3 is 11.9 Å². The van der Waals surface area contributed by atoms with Crippen LogP contribution in [0.15, 0.2) is 0 Å². The molecule has 5 heteroatoms. The number of hydrogen-bond donors (Lipinski definition) is 0. The van der Waals surface area contributed by atoms with Gasteiger partial charge in [-0.1, -0.05) is 5.92 Å². The van der Waals surface area contributed by atoms with Crippen molar-refractivity contribution in [3.63, 3.8) is 0 Å². The predicted molar refractivity (Wildman–Crippen MR) is 69.1 cm³/mol. The van der Waals surface area contributed by atoms with Crippen LogP contribution in [0.1, 0.15) is 48.0 Å². The molecule has 0 amide bonds. The monoisotopic (exact) mass is 268 g/mol. The summed E-state index contributed by atoms with van der Waals surface area (Å²) in [6.45, 7) is 8.85. The van der Waals surface area contributed by atoms with Gasteiger partial charge in [-0.05, 0) is 34.6 Å². The lowest BCUT2D eigenvalue weighted by atomic mass is 9.94. The molecular weight excluding hydrogens is 248 g/mol. The van der Waals surface area contributed by atoms with Crippen LogP contribution in [-0.2, 0) is 23.9 Å². The highest BCUT2D eigenvalue weighted by molar-refractivity contribution is 6.08. The van der Waals surface area contributed by atoms with E-state index in [9.17, 15) is 14.4 Å². The maximum absolute atomic E-state index is 12.2. The molecule has 0 aromatic rings. The van der Waals surface area contributed by atoms with Crippen LogP contribution in [0.5, 0.6) is 0 Å². The van der Waals surface area contributed by atoms with Crippen molar-refractivity contribution >= 4 is 17.7 Å². The second-order valence-electron chi connectivity index (χ2n) is 5.08. The minimum Gasteiger partial charge on any atom is -0.457 e. The Morgan fingerprint density at radius 3 is 1.89 bits per heavy atom. The molecule has 0 aromatic carbocycles. The summed E-state index contributed by atoms with van der Waals surface area (Å²) in [6, 6.07) is 0. The molecule has 106 valence electrons. The number of ketones is 1. The summed E-state index contributed by atoms with van der Waals surface area (Å²) in [5.41, 5.74) is -2.78. The van der Waals surface area contributed by atoms with Crippen molar-refractivity contribution in [1.82, 2.24) is 0 Å². The largest absolute Gasteiger partial charge is 0.457 e. The van der Waals surface area contributed by atoms with Crippen LogP contribution < -0.4 is 0 Å².